The Morgan fingerprint density at radius 3 is 2.42 bits per heavy atom. The van der Waals surface area contributed by atoms with Crippen LogP contribution in [0.3, 0.4) is 0 Å². The number of nitrogens with one attached hydrogen (secondary N) is 1. The molecule has 0 aliphatic carbocycles. The Morgan fingerprint density at radius 1 is 1.12 bits per heavy atom. The second kappa shape index (κ2) is 8.36. The Balaban J connectivity index is 2.17. The Bertz CT molecular complexity index is 892. The number of nitrogens with zero attached hydrogens (tertiary/aromatic N) is 1. The van der Waals surface area contributed by atoms with E-state index in [2.05, 4.69) is 5.32 Å². The zero-order chi connectivity index (χ0) is 19.3. The zero-order valence-corrected chi connectivity index (χ0v) is 16.6. The van der Waals surface area contributed by atoms with Gasteiger partial charge in [0.05, 0.1) is 18.5 Å². The third kappa shape index (κ3) is 4.85. The van der Waals surface area contributed by atoms with E-state index < -0.39 is 10.0 Å². The summed E-state index contributed by atoms with van der Waals surface area (Å²) in [5.41, 5.74) is 4.16. The molecule has 0 unspecified atom stereocenters. The molecule has 140 valence electrons. The van der Waals surface area contributed by atoms with E-state index in [1.165, 1.54) is 10.6 Å². The van der Waals surface area contributed by atoms with Gasteiger partial charge in [-0.2, -0.15) is 0 Å². The number of hydrogen-bond acceptors (Lipinski definition) is 3. The minimum absolute atomic E-state index is 0.189. The highest BCUT2D eigenvalue weighted by Crippen LogP contribution is 2.27. The van der Waals surface area contributed by atoms with Crippen LogP contribution in [0.2, 0.25) is 0 Å². The lowest BCUT2D eigenvalue weighted by Gasteiger charge is -2.26. The van der Waals surface area contributed by atoms with Gasteiger partial charge in [0.15, 0.2) is 0 Å². The van der Waals surface area contributed by atoms with Crippen molar-refractivity contribution in [1.82, 2.24) is 5.32 Å². The molecule has 0 heterocycles. The van der Waals surface area contributed by atoms with Crippen LogP contribution < -0.4 is 9.62 Å². The van der Waals surface area contributed by atoms with Crippen LogP contribution in [0.1, 0.15) is 34.0 Å². The lowest BCUT2D eigenvalue weighted by atomic mass is 10.1. The van der Waals surface area contributed by atoms with Gasteiger partial charge < -0.3 is 5.32 Å². The number of carbonyl (C=O) groups excluding carboxylic acids is 1. The van der Waals surface area contributed by atoms with Gasteiger partial charge in [-0.1, -0.05) is 42.8 Å². The van der Waals surface area contributed by atoms with Crippen molar-refractivity contribution in [1.29, 1.82) is 0 Å². The molecule has 0 aliphatic heterocycles. The van der Waals surface area contributed by atoms with Crippen molar-refractivity contribution >= 4 is 21.6 Å². The topological polar surface area (TPSA) is 66.5 Å². The number of rotatable bonds is 7. The average molecular weight is 375 g/mol. The van der Waals surface area contributed by atoms with Gasteiger partial charge in [-0.25, -0.2) is 8.42 Å². The van der Waals surface area contributed by atoms with Gasteiger partial charge in [0.1, 0.15) is 0 Å². The number of para-hydroxylation sites is 1. The normalized spacial score (nSPS) is 11.2. The summed E-state index contributed by atoms with van der Waals surface area (Å²) in [4.78, 5) is 12.3. The summed E-state index contributed by atoms with van der Waals surface area (Å²) in [5, 5.41) is 2.81. The third-order valence-electron chi connectivity index (χ3n) is 4.23. The molecule has 6 heteroatoms. The first-order valence-corrected chi connectivity index (χ1v) is 10.5. The predicted molar refractivity (Wildman–Crippen MR) is 106 cm³/mol. The first-order valence-electron chi connectivity index (χ1n) is 8.65. The van der Waals surface area contributed by atoms with Crippen LogP contribution in [0.4, 0.5) is 5.69 Å². The van der Waals surface area contributed by atoms with E-state index in [-0.39, 0.29) is 19.0 Å². The van der Waals surface area contributed by atoms with Crippen molar-refractivity contribution in [3.63, 3.8) is 0 Å². The molecule has 0 bridgehead atoms. The summed E-state index contributed by atoms with van der Waals surface area (Å²) in [5.74, 6) is -0.206. The smallest absolute Gasteiger partial charge is 0.251 e. The molecule has 0 saturated carbocycles. The second-order valence-electron chi connectivity index (χ2n) is 6.40. The van der Waals surface area contributed by atoms with Crippen LogP contribution in [0.25, 0.3) is 0 Å². The second-order valence-corrected chi connectivity index (χ2v) is 8.30. The standard InChI is InChI=1S/C20H26N2O3S/c1-5-17-10-7-9-16(3)19(17)22(26(4,24)25)13-12-21-20(23)18-11-6-8-15(2)14-18/h6-11,14H,5,12-13H2,1-4H3,(H,21,23). The predicted octanol–water partition coefficient (Wildman–Crippen LogP) is 3.06. The van der Waals surface area contributed by atoms with E-state index in [4.69, 9.17) is 0 Å². The minimum Gasteiger partial charge on any atom is -0.350 e. The first kappa shape index (κ1) is 20.0. The highest BCUT2D eigenvalue weighted by molar-refractivity contribution is 7.92. The fraction of sp³-hybridized carbons (Fsp3) is 0.350. The van der Waals surface area contributed by atoms with E-state index in [1.807, 2.05) is 51.1 Å². The molecule has 0 aromatic heterocycles. The number of carbonyl (C=O) groups is 1. The van der Waals surface area contributed by atoms with E-state index >= 15 is 0 Å². The SMILES string of the molecule is CCc1cccc(C)c1N(CCNC(=O)c1cccc(C)c1)S(C)(=O)=O. The average Bonchev–Trinajstić information content (AvgIpc) is 2.58. The fourth-order valence-electron chi connectivity index (χ4n) is 2.96. The van der Waals surface area contributed by atoms with Gasteiger partial charge in [-0.15, -0.1) is 0 Å². The summed E-state index contributed by atoms with van der Waals surface area (Å²) >= 11 is 0. The van der Waals surface area contributed by atoms with Crippen molar-refractivity contribution in [2.45, 2.75) is 27.2 Å². The highest BCUT2D eigenvalue weighted by Gasteiger charge is 2.21. The molecule has 0 spiro atoms. The van der Waals surface area contributed by atoms with Gasteiger partial charge in [-0.05, 0) is 43.5 Å². The molecule has 0 aliphatic rings. The maximum Gasteiger partial charge on any atom is 0.251 e. The molecule has 5 nitrogen and oxygen atoms in total. The lowest BCUT2D eigenvalue weighted by Crippen LogP contribution is -2.39. The third-order valence-corrected chi connectivity index (χ3v) is 5.40. The number of sulfonamides is 1. The van der Waals surface area contributed by atoms with Crippen molar-refractivity contribution in [3.05, 3.63) is 64.7 Å². The summed E-state index contributed by atoms with van der Waals surface area (Å²) in [6, 6.07) is 13.1. The quantitative estimate of drug-likeness (QED) is 0.810. The fourth-order valence-corrected chi connectivity index (χ4v) is 3.98. The number of amides is 1. The van der Waals surface area contributed by atoms with Crippen LogP contribution in [-0.4, -0.2) is 33.7 Å². The van der Waals surface area contributed by atoms with Crippen molar-refractivity contribution in [2.24, 2.45) is 0 Å². The molecule has 0 radical (unpaired) electrons. The maximum atomic E-state index is 12.4. The van der Waals surface area contributed by atoms with Gasteiger partial charge in [0.2, 0.25) is 10.0 Å². The summed E-state index contributed by atoms with van der Waals surface area (Å²) in [7, 11) is -3.46. The molecular weight excluding hydrogens is 348 g/mol. The molecule has 0 saturated heterocycles. The molecule has 1 N–H and O–H groups in total. The first-order chi connectivity index (χ1) is 12.2. The largest absolute Gasteiger partial charge is 0.350 e. The molecule has 2 aromatic carbocycles. The minimum atomic E-state index is -3.46. The number of hydrogen-bond donors (Lipinski definition) is 1. The van der Waals surface area contributed by atoms with Crippen molar-refractivity contribution in [2.75, 3.05) is 23.7 Å². The molecule has 1 amide bonds. The summed E-state index contributed by atoms with van der Waals surface area (Å²) < 4.78 is 26.1. The number of anilines is 1. The van der Waals surface area contributed by atoms with Gasteiger partial charge in [0, 0.05) is 12.1 Å². The van der Waals surface area contributed by atoms with E-state index in [0.29, 0.717) is 11.3 Å². The molecule has 0 fully saturated rings. The zero-order valence-electron chi connectivity index (χ0n) is 15.7. The van der Waals surface area contributed by atoms with Crippen molar-refractivity contribution < 1.29 is 13.2 Å². The highest BCUT2D eigenvalue weighted by atomic mass is 32.2. The molecular formula is C20H26N2O3S. The number of benzene rings is 2. The maximum absolute atomic E-state index is 12.4. The van der Waals surface area contributed by atoms with Crippen LogP contribution >= 0.6 is 0 Å². The van der Waals surface area contributed by atoms with Gasteiger partial charge in [0.25, 0.3) is 5.91 Å². The Hall–Kier alpha value is -2.34. The summed E-state index contributed by atoms with van der Waals surface area (Å²) in [6.45, 7) is 6.24. The van der Waals surface area contributed by atoms with Crippen LogP contribution in [0.15, 0.2) is 42.5 Å². The van der Waals surface area contributed by atoms with Gasteiger partial charge in [-0.3, -0.25) is 9.10 Å². The van der Waals surface area contributed by atoms with E-state index in [1.54, 1.807) is 12.1 Å². The van der Waals surface area contributed by atoms with E-state index in [0.717, 1.165) is 23.1 Å². The van der Waals surface area contributed by atoms with Gasteiger partial charge >= 0.3 is 0 Å². The Labute approximate surface area is 156 Å². The summed E-state index contributed by atoms with van der Waals surface area (Å²) in [6.07, 6.45) is 1.93. The molecule has 2 aromatic rings. The van der Waals surface area contributed by atoms with Crippen LogP contribution in [0, 0.1) is 13.8 Å². The lowest BCUT2D eigenvalue weighted by molar-refractivity contribution is 0.0954. The Kier molecular flexibility index (Phi) is 6.42. The van der Waals surface area contributed by atoms with E-state index in [9.17, 15) is 13.2 Å². The molecule has 0 atom stereocenters. The monoisotopic (exact) mass is 374 g/mol. The van der Waals surface area contributed by atoms with Crippen LogP contribution in [0.5, 0.6) is 0 Å². The van der Waals surface area contributed by atoms with Crippen molar-refractivity contribution in [3.8, 4) is 0 Å². The number of aryl methyl sites for hydroxylation is 3. The molecule has 2 rings (SSSR count). The Morgan fingerprint density at radius 2 is 1.81 bits per heavy atom. The molecule has 26 heavy (non-hydrogen) atoms. The van der Waals surface area contributed by atoms with Crippen LogP contribution in [-0.2, 0) is 16.4 Å².